The molecule has 0 aromatic heterocycles. The summed E-state index contributed by atoms with van der Waals surface area (Å²) in [7, 11) is 1.09. The molecule has 0 aliphatic heterocycles. The second-order valence-electron chi connectivity index (χ2n) is 5.13. The first-order valence-corrected chi connectivity index (χ1v) is 9.88. The van der Waals surface area contributed by atoms with Crippen molar-refractivity contribution >= 4 is 55.3 Å². The monoisotopic (exact) mass is 478 g/mol. The van der Waals surface area contributed by atoms with Crippen LogP contribution in [0.15, 0.2) is 46.2 Å². The molecule has 0 atom stereocenters. The molecule has 2 aromatic rings. The zero-order valence-electron chi connectivity index (χ0n) is 13.1. The van der Waals surface area contributed by atoms with Gasteiger partial charge >= 0.3 is 12.4 Å². The van der Waals surface area contributed by atoms with Crippen LogP contribution in [-0.4, -0.2) is 10.5 Å². The van der Waals surface area contributed by atoms with E-state index in [4.69, 9.17) is 23.2 Å². The van der Waals surface area contributed by atoms with E-state index in [1.165, 1.54) is 0 Å². The highest BCUT2D eigenvalue weighted by molar-refractivity contribution is 8.76. The van der Waals surface area contributed by atoms with E-state index in [1.807, 2.05) is 0 Å². The summed E-state index contributed by atoms with van der Waals surface area (Å²) in [5, 5.41) is -2.09. The van der Waals surface area contributed by atoms with Crippen LogP contribution in [0.1, 0.15) is 31.8 Å². The lowest BCUT2D eigenvalue weighted by Gasteiger charge is -2.13. The van der Waals surface area contributed by atoms with Crippen LogP contribution >= 0.6 is 44.8 Å². The minimum Gasteiger partial charge on any atom is -0.276 e. The van der Waals surface area contributed by atoms with Crippen molar-refractivity contribution in [1.82, 2.24) is 0 Å². The van der Waals surface area contributed by atoms with E-state index in [0.717, 1.165) is 12.1 Å². The molecule has 0 heterocycles. The van der Waals surface area contributed by atoms with Crippen molar-refractivity contribution in [2.24, 2.45) is 0 Å². The Hall–Kier alpha value is -1.36. The minimum absolute atomic E-state index is 0.231. The molecule has 12 heteroatoms. The maximum absolute atomic E-state index is 12.9. The number of hydrogen-bond donors (Lipinski definition) is 0. The number of halogens is 8. The lowest BCUT2D eigenvalue weighted by molar-refractivity contribution is -0.138. The molecular formula is C16H6Cl2F6O2S2. The standard InChI is InChI=1S/C16H6Cl2F6O2S2/c17-13(25)9-3-1-7(15(19,20)21)5-11(9)27-28-12-6-8(16(22,23)24)2-4-10(12)14(18)26/h1-6H. The molecule has 0 aliphatic rings. The Balaban J connectivity index is 2.45. The molecule has 0 radical (unpaired) electrons. The van der Waals surface area contributed by atoms with Gasteiger partial charge in [0.05, 0.1) is 11.1 Å². The quantitative estimate of drug-likeness (QED) is 0.257. The van der Waals surface area contributed by atoms with Crippen molar-refractivity contribution in [3.8, 4) is 0 Å². The average molecular weight is 479 g/mol. The molecule has 2 nitrogen and oxygen atoms in total. The zero-order valence-corrected chi connectivity index (χ0v) is 16.3. The molecule has 2 aromatic carbocycles. The number of benzene rings is 2. The van der Waals surface area contributed by atoms with Crippen molar-refractivity contribution in [2.45, 2.75) is 22.1 Å². The third-order valence-electron chi connectivity index (χ3n) is 3.26. The summed E-state index contributed by atoms with van der Waals surface area (Å²) in [6.07, 6.45) is -9.41. The van der Waals surface area contributed by atoms with Gasteiger partial charge in [0, 0.05) is 20.9 Å². The van der Waals surface area contributed by atoms with E-state index < -0.39 is 34.0 Å². The van der Waals surface area contributed by atoms with E-state index in [1.54, 1.807) is 0 Å². The number of carbonyl (C=O) groups excluding carboxylic acids is 2. The summed E-state index contributed by atoms with van der Waals surface area (Å²) >= 11 is 10.7. The largest absolute Gasteiger partial charge is 0.416 e. The molecule has 2 rings (SSSR count). The van der Waals surface area contributed by atoms with E-state index in [0.29, 0.717) is 45.9 Å². The predicted octanol–water partition coefficient (Wildman–Crippen LogP) is 7.28. The second kappa shape index (κ2) is 8.56. The first-order chi connectivity index (χ1) is 12.8. The molecule has 0 N–H and O–H groups in total. The van der Waals surface area contributed by atoms with Crippen LogP contribution < -0.4 is 0 Å². The average Bonchev–Trinajstić information content (AvgIpc) is 2.57. The zero-order chi connectivity index (χ0) is 21.3. The van der Waals surface area contributed by atoms with Gasteiger partial charge in [-0.1, -0.05) is 21.6 Å². The molecule has 0 saturated carbocycles. The predicted molar refractivity (Wildman–Crippen MR) is 95.0 cm³/mol. The Morgan fingerprint density at radius 2 is 1.00 bits per heavy atom. The molecular weight excluding hydrogens is 473 g/mol. The second-order valence-corrected chi connectivity index (χ2v) is 8.03. The first kappa shape index (κ1) is 22.9. The van der Waals surface area contributed by atoms with E-state index in [9.17, 15) is 35.9 Å². The van der Waals surface area contributed by atoms with Crippen molar-refractivity contribution in [2.75, 3.05) is 0 Å². The van der Waals surface area contributed by atoms with Crippen LogP contribution in [-0.2, 0) is 12.4 Å². The van der Waals surface area contributed by atoms with E-state index in [2.05, 4.69) is 0 Å². The minimum atomic E-state index is -4.71. The van der Waals surface area contributed by atoms with Gasteiger partial charge in [-0.2, -0.15) is 26.3 Å². The highest BCUT2D eigenvalue weighted by Crippen LogP contribution is 2.44. The fourth-order valence-electron chi connectivity index (χ4n) is 1.95. The molecule has 0 spiro atoms. The van der Waals surface area contributed by atoms with Crippen molar-refractivity contribution < 1.29 is 35.9 Å². The lowest BCUT2D eigenvalue weighted by atomic mass is 10.1. The maximum atomic E-state index is 12.9. The number of alkyl halides is 6. The van der Waals surface area contributed by atoms with E-state index >= 15 is 0 Å². The molecule has 0 aliphatic carbocycles. The van der Waals surface area contributed by atoms with Crippen molar-refractivity contribution in [3.05, 3.63) is 58.7 Å². The normalized spacial score (nSPS) is 12.1. The van der Waals surface area contributed by atoms with Gasteiger partial charge in [0.1, 0.15) is 0 Å². The van der Waals surface area contributed by atoms with Crippen LogP contribution in [0, 0.1) is 0 Å². The summed E-state index contributed by atoms with van der Waals surface area (Å²) in [6, 6.07) is 4.32. The lowest BCUT2D eigenvalue weighted by Crippen LogP contribution is -2.06. The van der Waals surface area contributed by atoms with Crippen LogP contribution in [0.5, 0.6) is 0 Å². The summed E-state index contributed by atoms with van der Waals surface area (Å²) in [5.41, 5.74) is -2.68. The summed E-state index contributed by atoms with van der Waals surface area (Å²) in [5.74, 6) is 0. The smallest absolute Gasteiger partial charge is 0.276 e. The Bertz CT molecular complexity index is 853. The Morgan fingerprint density at radius 1 is 0.679 bits per heavy atom. The van der Waals surface area contributed by atoms with Gasteiger partial charge in [0.15, 0.2) is 0 Å². The van der Waals surface area contributed by atoms with Crippen LogP contribution in [0.4, 0.5) is 26.3 Å². The number of carbonyl (C=O) groups is 2. The number of hydrogen-bond acceptors (Lipinski definition) is 4. The number of rotatable bonds is 5. The van der Waals surface area contributed by atoms with Gasteiger partial charge < -0.3 is 0 Å². The third-order valence-corrected chi connectivity index (χ3v) is 6.12. The molecule has 0 fully saturated rings. The highest BCUT2D eigenvalue weighted by atomic mass is 35.5. The Morgan fingerprint density at radius 3 is 1.25 bits per heavy atom. The molecule has 0 amide bonds. The Labute approximate surface area is 172 Å². The van der Waals surface area contributed by atoms with Gasteiger partial charge in [-0.15, -0.1) is 0 Å². The molecule has 0 bridgehead atoms. The summed E-state index contributed by atoms with van der Waals surface area (Å²) in [6.45, 7) is 0. The molecule has 0 unspecified atom stereocenters. The summed E-state index contributed by atoms with van der Waals surface area (Å²) in [4.78, 5) is 22.4. The van der Waals surface area contributed by atoms with Crippen molar-refractivity contribution in [1.29, 1.82) is 0 Å². The van der Waals surface area contributed by atoms with Crippen LogP contribution in [0.25, 0.3) is 0 Å². The molecule has 150 valence electrons. The van der Waals surface area contributed by atoms with Gasteiger partial charge in [0.25, 0.3) is 10.5 Å². The maximum Gasteiger partial charge on any atom is 0.416 e. The van der Waals surface area contributed by atoms with Gasteiger partial charge in [-0.25, -0.2) is 0 Å². The van der Waals surface area contributed by atoms with Crippen molar-refractivity contribution in [3.63, 3.8) is 0 Å². The topological polar surface area (TPSA) is 34.1 Å². The Kier molecular flexibility index (Phi) is 7.01. The first-order valence-electron chi connectivity index (χ1n) is 6.97. The highest BCUT2D eigenvalue weighted by Gasteiger charge is 2.33. The SMILES string of the molecule is O=C(Cl)c1ccc(C(F)(F)F)cc1SSc1cc(C(F)(F)F)ccc1C(=O)Cl. The van der Waals surface area contributed by atoms with Crippen LogP contribution in [0.2, 0.25) is 0 Å². The fraction of sp³-hybridized carbons (Fsp3) is 0.125. The van der Waals surface area contributed by atoms with Gasteiger partial charge in [0.2, 0.25) is 0 Å². The third kappa shape index (κ3) is 5.59. The van der Waals surface area contributed by atoms with E-state index in [-0.39, 0.29) is 20.9 Å². The van der Waals surface area contributed by atoms with Gasteiger partial charge in [-0.05, 0) is 59.6 Å². The fourth-order valence-corrected chi connectivity index (χ4v) is 4.79. The summed E-state index contributed by atoms with van der Waals surface area (Å²) < 4.78 is 77.4. The molecule has 0 saturated heterocycles. The van der Waals surface area contributed by atoms with Gasteiger partial charge in [-0.3, -0.25) is 9.59 Å². The molecule has 28 heavy (non-hydrogen) atoms. The van der Waals surface area contributed by atoms with Crippen LogP contribution in [0.3, 0.4) is 0 Å².